The molecular weight excluding hydrogens is 366 g/mol. The number of rotatable bonds is 7. The summed E-state index contributed by atoms with van der Waals surface area (Å²) in [7, 11) is 0. The van der Waals surface area contributed by atoms with Crippen LogP contribution in [0.25, 0.3) is 10.8 Å². The molecule has 1 N–H and O–H groups in total. The van der Waals surface area contributed by atoms with E-state index in [-0.39, 0.29) is 24.3 Å². The number of carbonyl (C=O) groups excluding carboxylic acids is 1. The van der Waals surface area contributed by atoms with Gasteiger partial charge in [-0.15, -0.1) is 0 Å². The standard InChI is InChI=1S/C23H23N3O3/c1-3-26-20(13-14-24-26)16(2)25-23(27)22-12-11-18(29-22)15-28-21-10-6-8-17-7-4-5-9-19(17)21/h4-14,16H,3,15H2,1-2H3,(H,25,27). The van der Waals surface area contributed by atoms with E-state index in [9.17, 15) is 4.79 Å². The number of nitrogens with one attached hydrogen (secondary N) is 1. The summed E-state index contributed by atoms with van der Waals surface area (Å²) in [5.41, 5.74) is 0.951. The Kier molecular flexibility index (Phi) is 5.33. The summed E-state index contributed by atoms with van der Waals surface area (Å²) in [5, 5.41) is 9.35. The summed E-state index contributed by atoms with van der Waals surface area (Å²) >= 11 is 0. The van der Waals surface area contributed by atoms with Gasteiger partial charge in [0.1, 0.15) is 18.1 Å². The van der Waals surface area contributed by atoms with Gasteiger partial charge in [0.05, 0.1) is 11.7 Å². The van der Waals surface area contributed by atoms with Gasteiger partial charge in [-0.1, -0.05) is 36.4 Å². The maximum atomic E-state index is 12.5. The first-order valence-corrected chi connectivity index (χ1v) is 9.67. The topological polar surface area (TPSA) is 69.3 Å². The Morgan fingerprint density at radius 2 is 1.97 bits per heavy atom. The minimum Gasteiger partial charge on any atom is -0.485 e. The van der Waals surface area contributed by atoms with Gasteiger partial charge in [-0.3, -0.25) is 9.48 Å². The summed E-state index contributed by atoms with van der Waals surface area (Å²) in [6, 6.07) is 19.1. The van der Waals surface area contributed by atoms with Crippen molar-refractivity contribution in [3.05, 3.63) is 84.1 Å². The van der Waals surface area contributed by atoms with Gasteiger partial charge in [-0.25, -0.2) is 0 Å². The Labute approximate surface area is 169 Å². The molecule has 0 radical (unpaired) electrons. The number of carbonyl (C=O) groups is 1. The predicted molar refractivity (Wildman–Crippen MR) is 111 cm³/mol. The third-order valence-electron chi connectivity index (χ3n) is 4.85. The average Bonchev–Trinajstić information content (AvgIpc) is 3.41. The number of aromatic nitrogens is 2. The molecule has 0 aliphatic heterocycles. The van der Waals surface area contributed by atoms with Gasteiger partial charge in [-0.2, -0.15) is 5.10 Å². The van der Waals surface area contributed by atoms with Crippen molar-refractivity contribution in [3.63, 3.8) is 0 Å². The van der Waals surface area contributed by atoms with Gasteiger partial charge in [0, 0.05) is 18.1 Å². The van der Waals surface area contributed by atoms with Crippen molar-refractivity contribution in [2.45, 2.75) is 33.0 Å². The van der Waals surface area contributed by atoms with Gasteiger partial charge >= 0.3 is 0 Å². The zero-order chi connectivity index (χ0) is 20.2. The Morgan fingerprint density at radius 3 is 2.83 bits per heavy atom. The molecule has 1 unspecified atom stereocenters. The van der Waals surface area contributed by atoms with E-state index in [1.54, 1.807) is 18.3 Å². The fourth-order valence-corrected chi connectivity index (χ4v) is 3.36. The lowest BCUT2D eigenvalue weighted by Crippen LogP contribution is -2.28. The van der Waals surface area contributed by atoms with Gasteiger partial charge in [-0.05, 0) is 43.5 Å². The van der Waals surface area contributed by atoms with E-state index >= 15 is 0 Å². The van der Waals surface area contributed by atoms with Crippen molar-refractivity contribution in [2.75, 3.05) is 0 Å². The Bertz CT molecular complexity index is 1120. The lowest BCUT2D eigenvalue weighted by molar-refractivity contribution is 0.0906. The smallest absolute Gasteiger partial charge is 0.287 e. The van der Waals surface area contributed by atoms with Crippen molar-refractivity contribution in [3.8, 4) is 5.75 Å². The minimum absolute atomic E-state index is 0.176. The number of hydrogen-bond acceptors (Lipinski definition) is 4. The number of hydrogen-bond donors (Lipinski definition) is 1. The molecule has 4 rings (SSSR count). The second-order valence-electron chi connectivity index (χ2n) is 6.80. The summed E-state index contributed by atoms with van der Waals surface area (Å²) in [6.07, 6.45) is 1.73. The highest BCUT2D eigenvalue weighted by Crippen LogP contribution is 2.26. The number of fused-ring (bicyclic) bond motifs is 1. The molecule has 0 spiro atoms. The number of furan rings is 1. The zero-order valence-electron chi connectivity index (χ0n) is 16.5. The van der Waals surface area contributed by atoms with Crippen LogP contribution in [0.2, 0.25) is 0 Å². The molecule has 0 bridgehead atoms. The number of amides is 1. The second kappa shape index (κ2) is 8.22. The fraction of sp³-hybridized carbons (Fsp3) is 0.217. The minimum atomic E-state index is -0.266. The normalized spacial score (nSPS) is 12.1. The second-order valence-corrected chi connectivity index (χ2v) is 6.80. The largest absolute Gasteiger partial charge is 0.485 e. The molecule has 2 aromatic carbocycles. The lowest BCUT2D eigenvalue weighted by atomic mass is 10.1. The fourth-order valence-electron chi connectivity index (χ4n) is 3.36. The molecule has 0 saturated heterocycles. The van der Waals surface area contributed by atoms with E-state index in [0.29, 0.717) is 5.76 Å². The van der Waals surface area contributed by atoms with E-state index in [1.807, 2.05) is 67.1 Å². The Hall–Kier alpha value is -3.54. The molecule has 4 aromatic rings. The number of nitrogens with zero attached hydrogens (tertiary/aromatic N) is 2. The SMILES string of the molecule is CCn1nccc1C(C)NC(=O)c1ccc(COc2cccc3ccccc23)o1. The van der Waals surface area contributed by atoms with Crippen LogP contribution in [0.5, 0.6) is 5.75 Å². The highest BCUT2D eigenvalue weighted by atomic mass is 16.5. The van der Waals surface area contributed by atoms with E-state index in [1.165, 1.54) is 0 Å². The summed E-state index contributed by atoms with van der Waals surface area (Å²) in [5.74, 6) is 1.37. The first-order valence-electron chi connectivity index (χ1n) is 9.67. The summed E-state index contributed by atoms with van der Waals surface area (Å²) < 4.78 is 13.5. The van der Waals surface area contributed by atoms with E-state index in [0.717, 1.165) is 28.8 Å². The molecule has 0 aliphatic carbocycles. The van der Waals surface area contributed by atoms with Crippen LogP contribution in [0, 0.1) is 0 Å². The van der Waals surface area contributed by atoms with Gasteiger partial charge in [0.15, 0.2) is 5.76 Å². The van der Waals surface area contributed by atoms with Crippen molar-refractivity contribution in [1.82, 2.24) is 15.1 Å². The van der Waals surface area contributed by atoms with Crippen LogP contribution in [0.15, 0.2) is 71.3 Å². The summed E-state index contributed by atoms with van der Waals surface area (Å²) in [6.45, 7) is 4.94. The van der Waals surface area contributed by atoms with E-state index < -0.39 is 0 Å². The molecule has 2 aromatic heterocycles. The first-order chi connectivity index (χ1) is 14.2. The maximum Gasteiger partial charge on any atom is 0.287 e. The third kappa shape index (κ3) is 4.01. The van der Waals surface area contributed by atoms with Crippen LogP contribution in [0.1, 0.15) is 41.9 Å². The number of aryl methyl sites for hydroxylation is 1. The first kappa shape index (κ1) is 18.8. The van der Waals surface area contributed by atoms with Crippen molar-refractivity contribution in [2.24, 2.45) is 0 Å². The quantitative estimate of drug-likeness (QED) is 0.497. The number of benzene rings is 2. The van der Waals surface area contributed by atoms with Gasteiger partial charge in [0.25, 0.3) is 5.91 Å². The summed E-state index contributed by atoms with van der Waals surface area (Å²) in [4.78, 5) is 12.5. The molecule has 2 heterocycles. The van der Waals surface area contributed by atoms with E-state index in [2.05, 4.69) is 10.4 Å². The third-order valence-corrected chi connectivity index (χ3v) is 4.85. The number of ether oxygens (including phenoxy) is 1. The van der Waals surface area contributed by atoms with Crippen LogP contribution in [0.4, 0.5) is 0 Å². The van der Waals surface area contributed by atoms with Crippen LogP contribution in [-0.2, 0) is 13.2 Å². The van der Waals surface area contributed by atoms with Crippen molar-refractivity contribution >= 4 is 16.7 Å². The van der Waals surface area contributed by atoms with Crippen LogP contribution in [-0.4, -0.2) is 15.7 Å². The Balaban J connectivity index is 1.41. The van der Waals surface area contributed by atoms with Crippen LogP contribution >= 0.6 is 0 Å². The van der Waals surface area contributed by atoms with Crippen LogP contribution < -0.4 is 10.1 Å². The van der Waals surface area contributed by atoms with E-state index in [4.69, 9.17) is 9.15 Å². The van der Waals surface area contributed by atoms with Gasteiger partial charge < -0.3 is 14.5 Å². The highest BCUT2D eigenvalue weighted by Gasteiger charge is 2.17. The van der Waals surface area contributed by atoms with Crippen molar-refractivity contribution in [1.29, 1.82) is 0 Å². The van der Waals surface area contributed by atoms with Crippen LogP contribution in [0.3, 0.4) is 0 Å². The highest BCUT2D eigenvalue weighted by molar-refractivity contribution is 5.91. The van der Waals surface area contributed by atoms with Crippen molar-refractivity contribution < 1.29 is 13.9 Å². The molecular formula is C23H23N3O3. The molecule has 0 saturated carbocycles. The maximum absolute atomic E-state index is 12.5. The molecule has 1 amide bonds. The molecule has 6 nitrogen and oxygen atoms in total. The molecule has 1 atom stereocenters. The molecule has 29 heavy (non-hydrogen) atoms. The lowest BCUT2D eigenvalue weighted by Gasteiger charge is -2.14. The van der Waals surface area contributed by atoms with Gasteiger partial charge in [0.2, 0.25) is 0 Å². The molecule has 0 fully saturated rings. The zero-order valence-corrected chi connectivity index (χ0v) is 16.5. The molecule has 6 heteroatoms. The Morgan fingerprint density at radius 1 is 1.14 bits per heavy atom. The average molecular weight is 389 g/mol. The monoisotopic (exact) mass is 389 g/mol. The molecule has 0 aliphatic rings. The predicted octanol–water partition coefficient (Wildman–Crippen LogP) is 4.72. The molecule has 148 valence electrons.